The summed E-state index contributed by atoms with van der Waals surface area (Å²) in [6.45, 7) is 3.95. The Hall–Kier alpha value is -4.18. The van der Waals surface area contributed by atoms with Crippen LogP contribution in [0.2, 0.25) is 0 Å². The lowest BCUT2D eigenvalue weighted by atomic mass is 10.0. The van der Waals surface area contributed by atoms with Crippen molar-refractivity contribution in [1.29, 1.82) is 0 Å². The summed E-state index contributed by atoms with van der Waals surface area (Å²) in [5, 5.41) is 0. The zero-order valence-corrected chi connectivity index (χ0v) is 20.7. The van der Waals surface area contributed by atoms with Crippen LogP contribution in [0.15, 0.2) is 84.9 Å². The van der Waals surface area contributed by atoms with Crippen molar-refractivity contribution in [1.82, 2.24) is 19.9 Å². The van der Waals surface area contributed by atoms with E-state index in [1.807, 2.05) is 26.0 Å². The number of hydrogen-bond acceptors (Lipinski definition) is 4. The molecule has 0 radical (unpaired) electrons. The average molecular weight is 469 g/mol. The molecule has 0 atom stereocenters. The molecule has 176 valence electrons. The van der Waals surface area contributed by atoms with E-state index in [1.165, 1.54) is 33.4 Å². The Morgan fingerprint density at radius 3 is 2.11 bits per heavy atom. The monoisotopic (exact) mass is 468 g/mol. The number of benzene rings is 3. The van der Waals surface area contributed by atoms with Gasteiger partial charge in [0, 0.05) is 30.7 Å². The second-order valence-electron chi connectivity index (χ2n) is 9.66. The third-order valence-electron chi connectivity index (χ3n) is 6.71. The van der Waals surface area contributed by atoms with E-state index in [1.54, 1.807) is 0 Å². The van der Waals surface area contributed by atoms with Gasteiger partial charge in [-0.15, -0.1) is 0 Å². The molecule has 1 aliphatic rings. The summed E-state index contributed by atoms with van der Waals surface area (Å²) >= 11 is 0. The first-order valence-electron chi connectivity index (χ1n) is 12.5. The van der Waals surface area contributed by atoms with Crippen LogP contribution < -0.4 is 0 Å². The highest BCUT2D eigenvalue weighted by Crippen LogP contribution is 2.37. The van der Waals surface area contributed by atoms with Crippen LogP contribution in [0, 0.1) is 13.8 Å². The zero-order chi connectivity index (χ0) is 24.5. The van der Waals surface area contributed by atoms with Crippen LogP contribution in [-0.4, -0.2) is 19.9 Å². The van der Waals surface area contributed by atoms with Gasteiger partial charge in [-0.2, -0.15) is 0 Å². The quantitative estimate of drug-likeness (QED) is 0.291. The molecule has 0 unspecified atom stereocenters. The number of aromatic nitrogens is 4. The van der Waals surface area contributed by atoms with E-state index in [2.05, 4.69) is 82.8 Å². The Bertz CT molecular complexity index is 1540. The van der Waals surface area contributed by atoms with Gasteiger partial charge in [0.1, 0.15) is 11.6 Å². The van der Waals surface area contributed by atoms with Gasteiger partial charge in [-0.25, -0.2) is 19.9 Å². The van der Waals surface area contributed by atoms with Crippen molar-refractivity contribution in [3.8, 4) is 11.1 Å². The minimum absolute atomic E-state index is 0.668. The van der Waals surface area contributed by atoms with Gasteiger partial charge in [0.05, 0.1) is 11.4 Å². The molecule has 4 nitrogen and oxygen atoms in total. The van der Waals surface area contributed by atoms with E-state index in [0.29, 0.717) is 12.8 Å². The smallest absolute Gasteiger partial charge is 0.133 e. The van der Waals surface area contributed by atoms with Crippen LogP contribution in [0.25, 0.3) is 11.1 Å². The van der Waals surface area contributed by atoms with Crippen molar-refractivity contribution in [3.05, 3.63) is 142 Å². The highest BCUT2D eigenvalue weighted by atomic mass is 14.9. The Balaban J connectivity index is 1.32. The van der Waals surface area contributed by atoms with E-state index < -0.39 is 0 Å². The highest BCUT2D eigenvalue weighted by Gasteiger charge is 2.18. The summed E-state index contributed by atoms with van der Waals surface area (Å²) in [5.41, 5.74) is 12.0. The van der Waals surface area contributed by atoms with Crippen molar-refractivity contribution in [2.75, 3.05) is 0 Å². The second kappa shape index (κ2) is 9.46. The molecule has 0 saturated heterocycles. The van der Waals surface area contributed by atoms with Crippen molar-refractivity contribution in [2.45, 2.75) is 39.5 Å². The summed E-state index contributed by atoms with van der Waals surface area (Å²) in [4.78, 5) is 19.0. The van der Waals surface area contributed by atoms with Crippen LogP contribution in [0.3, 0.4) is 0 Å². The fourth-order valence-electron chi connectivity index (χ4n) is 5.24. The molecule has 0 aliphatic heterocycles. The van der Waals surface area contributed by atoms with Gasteiger partial charge >= 0.3 is 0 Å². The maximum absolute atomic E-state index is 4.99. The third kappa shape index (κ3) is 4.80. The number of nitrogens with zero attached hydrogens (tertiary/aromatic N) is 4. The highest BCUT2D eigenvalue weighted by molar-refractivity contribution is 5.77. The molecule has 0 fully saturated rings. The zero-order valence-electron chi connectivity index (χ0n) is 20.7. The molecule has 2 heterocycles. The molecule has 4 heteroatoms. The van der Waals surface area contributed by atoms with Gasteiger partial charge in [-0.1, -0.05) is 72.8 Å². The summed E-state index contributed by atoms with van der Waals surface area (Å²) in [7, 11) is 0. The van der Waals surface area contributed by atoms with Crippen molar-refractivity contribution >= 4 is 0 Å². The molecule has 0 N–H and O–H groups in total. The fraction of sp³-hybridized carbons (Fsp3) is 0.188. The van der Waals surface area contributed by atoms with Gasteiger partial charge in [-0.05, 0) is 65.8 Å². The maximum atomic E-state index is 4.99. The number of rotatable bonds is 6. The first kappa shape index (κ1) is 22.3. The third-order valence-corrected chi connectivity index (χ3v) is 6.71. The van der Waals surface area contributed by atoms with Crippen molar-refractivity contribution in [3.63, 3.8) is 0 Å². The molecule has 36 heavy (non-hydrogen) atoms. The van der Waals surface area contributed by atoms with Crippen molar-refractivity contribution in [2.24, 2.45) is 0 Å². The SMILES string of the molecule is Cc1cc(Cc2cc(Cc3ccc4c(c3)Cc3ccccc3-4)nc(Cc3ccccc3)n2)nc(C)n1. The molecule has 1 aliphatic carbocycles. The van der Waals surface area contributed by atoms with Crippen LogP contribution >= 0.6 is 0 Å². The van der Waals surface area contributed by atoms with Gasteiger partial charge in [0.2, 0.25) is 0 Å². The predicted molar refractivity (Wildman–Crippen MR) is 143 cm³/mol. The number of hydrogen-bond donors (Lipinski definition) is 0. The fourth-order valence-corrected chi connectivity index (χ4v) is 5.24. The molecule has 5 aromatic rings. The van der Waals surface area contributed by atoms with Crippen LogP contribution in [0.4, 0.5) is 0 Å². The lowest BCUT2D eigenvalue weighted by Crippen LogP contribution is -2.07. The molecule has 0 spiro atoms. The standard InChI is InChI=1S/C32H28N4/c1-21-14-27(34-22(2)33-21)19-29-20-28(35-32(36-29)17-23-8-4-3-5-9-23)16-24-12-13-31-26(15-24)18-25-10-6-7-11-30(25)31/h3-15,20H,16-19H2,1-2H3. The normalized spacial score (nSPS) is 11.8. The van der Waals surface area contributed by atoms with Crippen LogP contribution in [0.1, 0.15) is 56.7 Å². The molecule has 2 aromatic heterocycles. The van der Waals surface area contributed by atoms with E-state index >= 15 is 0 Å². The summed E-state index contributed by atoms with van der Waals surface area (Å²) in [6.07, 6.45) is 3.16. The molecule has 0 amide bonds. The number of fused-ring (bicyclic) bond motifs is 3. The molecule has 3 aromatic carbocycles. The Labute approximate surface area is 212 Å². The Kier molecular flexibility index (Phi) is 5.86. The molecular weight excluding hydrogens is 440 g/mol. The topological polar surface area (TPSA) is 51.6 Å². The van der Waals surface area contributed by atoms with Gasteiger partial charge in [0.25, 0.3) is 0 Å². The molecule has 6 rings (SSSR count). The van der Waals surface area contributed by atoms with E-state index in [0.717, 1.165) is 47.3 Å². The van der Waals surface area contributed by atoms with Gasteiger partial charge in [-0.3, -0.25) is 0 Å². The van der Waals surface area contributed by atoms with Crippen molar-refractivity contribution < 1.29 is 0 Å². The first-order chi connectivity index (χ1) is 17.6. The van der Waals surface area contributed by atoms with E-state index in [4.69, 9.17) is 9.97 Å². The lowest BCUT2D eigenvalue weighted by Gasteiger charge is -2.10. The maximum Gasteiger partial charge on any atom is 0.133 e. The lowest BCUT2D eigenvalue weighted by molar-refractivity contribution is 0.859. The van der Waals surface area contributed by atoms with Gasteiger partial charge < -0.3 is 0 Å². The molecule has 0 saturated carbocycles. The summed E-state index contributed by atoms with van der Waals surface area (Å²) < 4.78 is 0. The van der Waals surface area contributed by atoms with E-state index in [-0.39, 0.29) is 0 Å². The first-order valence-corrected chi connectivity index (χ1v) is 12.5. The van der Waals surface area contributed by atoms with Crippen LogP contribution in [-0.2, 0) is 25.7 Å². The minimum atomic E-state index is 0.668. The molecule has 0 bridgehead atoms. The Morgan fingerprint density at radius 1 is 0.556 bits per heavy atom. The minimum Gasteiger partial charge on any atom is -0.239 e. The average Bonchev–Trinajstić information content (AvgIpc) is 3.22. The molecular formula is C32H28N4. The largest absolute Gasteiger partial charge is 0.239 e. The van der Waals surface area contributed by atoms with E-state index in [9.17, 15) is 0 Å². The Morgan fingerprint density at radius 2 is 1.28 bits per heavy atom. The number of aryl methyl sites for hydroxylation is 2. The van der Waals surface area contributed by atoms with Gasteiger partial charge in [0.15, 0.2) is 0 Å². The second-order valence-corrected chi connectivity index (χ2v) is 9.66. The predicted octanol–water partition coefficient (Wildman–Crippen LogP) is 6.23. The van der Waals surface area contributed by atoms with Crippen LogP contribution in [0.5, 0.6) is 0 Å². The summed E-state index contributed by atoms with van der Waals surface area (Å²) in [6, 6.07) is 30.2. The summed E-state index contributed by atoms with van der Waals surface area (Å²) in [5.74, 6) is 1.65.